The van der Waals surface area contributed by atoms with Crippen LogP contribution in [-0.2, 0) is 6.54 Å². The van der Waals surface area contributed by atoms with Crippen molar-refractivity contribution < 1.29 is 4.79 Å². The summed E-state index contributed by atoms with van der Waals surface area (Å²) in [5, 5.41) is 3.35. The third-order valence-corrected chi connectivity index (χ3v) is 4.01. The lowest BCUT2D eigenvalue weighted by atomic mass is 10.0. The maximum absolute atomic E-state index is 12.4. The van der Waals surface area contributed by atoms with Crippen LogP contribution in [0.5, 0.6) is 0 Å². The number of ketones is 1. The molecular weight excluding hydrogens is 322 g/mol. The largest absolute Gasteiger partial charge is 0.384 e. The van der Waals surface area contributed by atoms with E-state index in [0.29, 0.717) is 5.56 Å². The standard InChI is InChI=1S/C22H29N3O/c1-24(2)16-15-23-21-12-9-19(10-13-21)22(26)14-11-18-7-5-6-8-20(18)17-25(3)4/h5-14,23H,15-17H2,1-4H3/b14-11+. The van der Waals surface area contributed by atoms with Crippen molar-refractivity contribution in [3.05, 3.63) is 71.3 Å². The predicted octanol–water partition coefficient (Wildman–Crippen LogP) is 3.62. The summed E-state index contributed by atoms with van der Waals surface area (Å²) in [6, 6.07) is 15.8. The molecule has 0 saturated heterocycles. The quantitative estimate of drug-likeness (QED) is 0.553. The first kappa shape index (κ1) is 19.9. The van der Waals surface area contributed by atoms with Crippen LogP contribution in [0.15, 0.2) is 54.6 Å². The zero-order valence-electron chi connectivity index (χ0n) is 16.2. The van der Waals surface area contributed by atoms with Crippen LogP contribution in [0, 0.1) is 0 Å². The highest BCUT2D eigenvalue weighted by Gasteiger charge is 2.04. The van der Waals surface area contributed by atoms with E-state index in [4.69, 9.17) is 0 Å². The van der Waals surface area contributed by atoms with Gasteiger partial charge in [-0.15, -0.1) is 0 Å². The summed E-state index contributed by atoms with van der Waals surface area (Å²) in [5.74, 6) is 0.0181. The lowest BCUT2D eigenvalue weighted by Crippen LogP contribution is -2.20. The molecule has 0 fully saturated rings. The highest BCUT2D eigenvalue weighted by molar-refractivity contribution is 6.07. The van der Waals surface area contributed by atoms with Gasteiger partial charge in [0, 0.05) is 30.9 Å². The van der Waals surface area contributed by atoms with E-state index in [1.54, 1.807) is 6.08 Å². The lowest BCUT2D eigenvalue weighted by Gasteiger charge is -2.12. The van der Waals surface area contributed by atoms with Crippen LogP contribution < -0.4 is 5.32 Å². The van der Waals surface area contributed by atoms with Crippen molar-refractivity contribution in [2.75, 3.05) is 46.6 Å². The Balaban J connectivity index is 2.00. The van der Waals surface area contributed by atoms with E-state index in [1.165, 1.54) is 5.56 Å². The Labute approximate surface area is 157 Å². The van der Waals surface area contributed by atoms with Gasteiger partial charge < -0.3 is 15.1 Å². The molecule has 138 valence electrons. The minimum Gasteiger partial charge on any atom is -0.384 e. The zero-order valence-corrected chi connectivity index (χ0v) is 16.2. The zero-order chi connectivity index (χ0) is 18.9. The van der Waals surface area contributed by atoms with Crippen molar-refractivity contribution in [3.8, 4) is 0 Å². The molecule has 0 bridgehead atoms. The summed E-state index contributed by atoms with van der Waals surface area (Å²) in [6.45, 7) is 2.70. The molecule has 0 aliphatic rings. The summed E-state index contributed by atoms with van der Waals surface area (Å²) in [4.78, 5) is 16.7. The Morgan fingerprint density at radius 2 is 1.65 bits per heavy atom. The fourth-order valence-corrected chi connectivity index (χ4v) is 2.62. The second-order valence-electron chi connectivity index (χ2n) is 6.94. The normalized spacial score (nSPS) is 11.5. The molecule has 4 heteroatoms. The van der Waals surface area contributed by atoms with Crippen LogP contribution in [0.1, 0.15) is 21.5 Å². The second kappa shape index (κ2) is 9.90. The van der Waals surface area contributed by atoms with Gasteiger partial charge in [-0.3, -0.25) is 4.79 Å². The van der Waals surface area contributed by atoms with Gasteiger partial charge in [0.1, 0.15) is 0 Å². The van der Waals surface area contributed by atoms with Crippen molar-refractivity contribution in [1.82, 2.24) is 9.80 Å². The van der Waals surface area contributed by atoms with Gasteiger partial charge in [0.15, 0.2) is 5.78 Å². The molecule has 0 saturated carbocycles. The molecule has 0 radical (unpaired) electrons. The number of carbonyl (C=O) groups excluding carboxylic acids is 1. The van der Waals surface area contributed by atoms with Gasteiger partial charge in [-0.05, 0) is 69.7 Å². The van der Waals surface area contributed by atoms with Gasteiger partial charge in [-0.2, -0.15) is 0 Å². The Bertz CT molecular complexity index is 733. The van der Waals surface area contributed by atoms with Gasteiger partial charge in [0.05, 0.1) is 0 Å². The molecule has 26 heavy (non-hydrogen) atoms. The van der Waals surface area contributed by atoms with Gasteiger partial charge in [-0.1, -0.05) is 30.3 Å². The Kier molecular flexibility index (Phi) is 7.57. The first-order chi connectivity index (χ1) is 12.5. The van der Waals surface area contributed by atoms with Crippen LogP contribution in [0.2, 0.25) is 0 Å². The SMILES string of the molecule is CN(C)CCNc1ccc(C(=O)/C=C/c2ccccc2CN(C)C)cc1. The van der Waals surface area contributed by atoms with Gasteiger partial charge >= 0.3 is 0 Å². The van der Waals surface area contributed by atoms with Gasteiger partial charge in [-0.25, -0.2) is 0 Å². The number of nitrogens with one attached hydrogen (secondary N) is 1. The van der Waals surface area contributed by atoms with E-state index >= 15 is 0 Å². The lowest BCUT2D eigenvalue weighted by molar-refractivity contribution is 0.104. The molecule has 0 unspecified atom stereocenters. The fourth-order valence-electron chi connectivity index (χ4n) is 2.62. The maximum atomic E-state index is 12.4. The van der Waals surface area contributed by atoms with E-state index in [1.807, 2.05) is 76.7 Å². The maximum Gasteiger partial charge on any atom is 0.185 e. The van der Waals surface area contributed by atoms with Crippen LogP contribution in [0.4, 0.5) is 5.69 Å². The topological polar surface area (TPSA) is 35.6 Å². The first-order valence-electron chi connectivity index (χ1n) is 8.89. The number of anilines is 1. The minimum absolute atomic E-state index is 0.0181. The van der Waals surface area contributed by atoms with Crippen LogP contribution in [0.25, 0.3) is 6.08 Å². The minimum atomic E-state index is 0.0181. The van der Waals surface area contributed by atoms with Crippen LogP contribution in [-0.4, -0.2) is 56.9 Å². The Hall–Kier alpha value is -2.43. The highest BCUT2D eigenvalue weighted by atomic mass is 16.1. The van der Waals surface area contributed by atoms with E-state index < -0.39 is 0 Å². The molecular formula is C22H29N3O. The molecule has 0 aliphatic heterocycles. The highest BCUT2D eigenvalue weighted by Crippen LogP contribution is 2.14. The number of carbonyl (C=O) groups is 1. The number of hydrogen-bond donors (Lipinski definition) is 1. The number of nitrogens with zero attached hydrogens (tertiary/aromatic N) is 2. The van der Waals surface area contributed by atoms with Crippen LogP contribution in [0.3, 0.4) is 0 Å². The second-order valence-corrected chi connectivity index (χ2v) is 6.94. The van der Waals surface area contributed by atoms with E-state index in [9.17, 15) is 4.79 Å². The van der Waals surface area contributed by atoms with E-state index in [2.05, 4.69) is 21.2 Å². The van der Waals surface area contributed by atoms with Crippen molar-refractivity contribution in [2.45, 2.75) is 6.54 Å². The number of likely N-dealkylation sites (N-methyl/N-ethyl adjacent to an activating group) is 1. The average Bonchev–Trinajstić information content (AvgIpc) is 2.60. The summed E-state index contributed by atoms with van der Waals surface area (Å²) in [5.41, 5.74) is 4.02. The molecule has 4 nitrogen and oxygen atoms in total. The summed E-state index contributed by atoms with van der Waals surface area (Å²) >= 11 is 0. The molecule has 0 atom stereocenters. The number of benzene rings is 2. The first-order valence-corrected chi connectivity index (χ1v) is 8.89. The Morgan fingerprint density at radius 1 is 0.962 bits per heavy atom. The summed E-state index contributed by atoms with van der Waals surface area (Å²) < 4.78 is 0. The van der Waals surface area contributed by atoms with Crippen molar-refractivity contribution in [3.63, 3.8) is 0 Å². The van der Waals surface area contributed by atoms with Crippen LogP contribution >= 0.6 is 0 Å². The average molecular weight is 351 g/mol. The number of allylic oxidation sites excluding steroid dienone is 1. The van der Waals surface area contributed by atoms with E-state index in [-0.39, 0.29) is 5.78 Å². The molecule has 0 spiro atoms. The van der Waals surface area contributed by atoms with Crippen molar-refractivity contribution >= 4 is 17.5 Å². The molecule has 2 aromatic carbocycles. The van der Waals surface area contributed by atoms with Gasteiger partial charge in [0.2, 0.25) is 0 Å². The predicted molar refractivity (Wildman–Crippen MR) is 111 cm³/mol. The van der Waals surface area contributed by atoms with Gasteiger partial charge in [0.25, 0.3) is 0 Å². The molecule has 0 amide bonds. The third kappa shape index (κ3) is 6.47. The van der Waals surface area contributed by atoms with Crippen molar-refractivity contribution in [2.24, 2.45) is 0 Å². The molecule has 2 aromatic rings. The molecule has 1 N–H and O–H groups in total. The number of hydrogen-bond acceptors (Lipinski definition) is 4. The monoisotopic (exact) mass is 351 g/mol. The smallest absolute Gasteiger partial charge is 0.185 e. The third-order valence-electron chi connectivity index (χ3n) is 4.01. The van der Waals surface area contributed by atoms with Crippen molar-refractivity contribution in [1.29, 1.82) is 0 Å². The molecule has 2 rings (SSSR count). The molecule has 0 aromatic heterocycles. The van der Waals surface area contributed by atoms with E-state index in [0.717, 1.165) is 30.9 Å². The number of rotatable bonds is 9. The fraction of sp³-hybridized carbons (Fsp3) is 0.318. The summed E-state index contributed by atoms with van der Waals surface area (Å²) in [7, 11) is 8.18. The molecule has 0 heterocycles. The summed E-state index contributed by atoms with van der Waals surface area (Å²) in [6.07, 6.45) is 3.56. The Morgan fingerprint density at radius 3 is 2.31 bits per heavy atom. The molecule has 0 aliphatic carbocycles.